The third-order valence-corrected chi connectivity index (χ3v) is 2.79. The van der Waals surface area contributed by atoms with Crippen LogP contribution < -0.4 is 10.1 Å². The number of benzene rings is 1. The Morgan fingerprint density at radius 1 is 1.45 bits per heavy atom. The van der Waals surface area contributed by atoms with Crippen LogP contribution >= 0.6 is 11.6 Å². The molecular weight excluding hydrogens is 274 g/mol. The van der Waals surface area contributed by atoms with Crippen LogP contribution in [-0.4, -0.2) is 18.1 Å². The normalized spacial score (nSPS) is 10.3. The standard InChI is InChI=1S/C16H16ClNO2/c1-6-8-20-14-11(3)9-12(17)10-13(14)15(19)18-16(4,5)7-2/h1-2,9-10H,8H2,3-5H3,(H,18,19). The highest BCUT2D eigenvalue weighted by Crippen LogP contribution is 2.28. The molecule has 3 nitrogen and oxygen atoms in total. The van der Waals surface area contributed by atoms with Gasteiger partial charge in [-0.05, 0) is 38.5 Å². The number of aryl methyl sites for hydroxylation is 1. The highest BCUT2D eigenvalue weighted by Gasteiger charge is 2.22. The van der Waals surface area contributed by atoms with E-state index in [1.54, 1.807) is 26.8 Å². The molecule has 1 rings (SSSR count). The Labute approximate surface area is 124 Å². The van der Waals surface area contributed by atoms with Gasteiger partial charge in [0.15, 0.2) is 0 Å². The molecule has 0 aliphatic carbocycles. The van der Waals surface area contributed by atoms with Crippen molar-refractivity contribution in [2.75, 3.05) is 6.61 Å². The molecule has 1 aromatic rings. The van der Waals surface area contributed by atoms with Gasteiger partial charge in [-0.2, -0.15) is 0 Å². The molecule has 1 aromatic carbocycles. The maximum Gasteiger partial charge on any atom is 0.256 e. The Hall–Kier alpha value is -2.10. The summed E-state index contributed by atoms with van der Waals surface area (Å²) >= 11 is 5.99. The van der Waals surface area contributed by atoms with E-state index in [2.05, 4.69) is 17.2 Å². The minimum absolute atomic E-state index is 0.0707. The molecule has 4 heteroatoms. The van der Waals surface area contributed by atoms with Crippen LogP contribution in [-0.2, 0) is 0 Å². The number of amides is 1. The predicted octanol–water partition coefficient (Wildman–Crippen LogP) is 2.80. The van der Waals surface area contributed by atoms with E-state index < -0.39 is 5.54 Å². The van der Waals surface area contributed by atoms with Crippen molar-refractivity contribution in [1.29, 1.82) is 0 Å². The van der Waals surface area contributed by atoms with Crippen molar-refractivity contribution < 1.29 is 9.53 Å². The van der Waals surface area contributed by atoms with Gasteiger partial charge in [-0.1, -0.05) is 23.4 Å². The molecule has 104 valence electrons. The molecule has 0 heterocycles. The summed E-state index contributed by atoms with van der Waals surface area (Å²) in [5.74, 6) is 4.92. The number of hydrogen-bond acceptors (Lipinski definition) is 2. The van der Waals surface area contributed by atoms with Gasteiger partial charge >= 0.3 is 0 Å². The lowest BCUT2D eigenvalue weighted by atomic mass is 10.0. The number of nitrogens with one attached hydrogen (secondary N) is 1. The van der Waals surface area contributed by atoms with Crippen LogP contribution in [0.2, 0.25) is 5.02 Å². The fourth-order valence-electron chi connectivity index (χ4n) is 1.59. The predicted molar refractivity (Wildman–Crippen MR) is 80.9 cm³/mol. The van der Waals surface area contributed by atoms with Crippen LogP contribution in [0.5, 0.6) is 5.75 Å². The summed E-state index contributed by atoms with van der Waals surface area (Å²) in [4.78, 5) is 12.3. The summed E-state index contributed by atoms with van der Waals surface area (Å²) in [6.07, 6.45) is 10.5. The smallest absolute Gasteiger partial charge is 0.256 e. The second-order valence-electron chi connectivity index (χ2n) is 4.82. The molecule has 0 atom stereocenters. The van der Waals surface area contributed by atoms with Crippen molar-refractivity contribution in [2.24, 2.45) is 0 Å². The minimum atomic E-state index is -0.767. The molecule has 0 fully saturated rings. The largest absolute Gasteiger partial charge is 0.480 e. The lowest BCUT2D eigenvalue weighted by molar-refractivity contribution is 0.0926. The number of terminal acetylenes is 2. The van der Waals surface area contributed by atoms with Crippen molar-refractivity contribution in [1.82, 2.24) is 5.32 Å². The molecule has 20 heavy (non-hydrogen) atoms. The van der Waals surface area contributed by atoms with E-state index in [9.17, 15) is 4.79 Å². The second-order valence-corrected chi connectivity index (χ2v) is 5.25. The number of rotatable bonds is 4. The fourth-order valence-corrected chi connectivity index (χ4v) is 1.86. The summed E-state index contributed by atoms with van der Waals surface area (Å²) in [6.45, 7) is 5.32. The first-order valence-electron chi connectivity index (χ1n) is 5.97. The average molecular weight is 290 g/mol. The topological polar surface area (TPSA) is 38.3 Å². The van der Waals surface area contributed by atoms with Gasteiger partial charge in [0, 0.05) is 5.02 Å². The lowest BCUT2D eigenvalue weighted by Gasteiger charge is -2.21. The molecule has 0 unspecified atom stereocenters. The Balaban J connectivity index is 3.19. The summed E-state index contributed by atoms with van der Waals surface area (Å²) < 4.78 is 5.43. The molecule has 0 radical (unpaired) electrons. The SMILES string of the molecule is C#CCOc1c(C)cc(Cl)cc1C(=O)NC(C)(C)C#C. The van der Waals surface area contributed by atoms with Gasteiger partial charge in [0.2, 0.25) is 0 Å². The summed E-state index contributed by atoms with van der Waals surface area (Å²) in [7, 11) is 0. The lowest BCUT2D eigenvalue weighted by Crippen LogP contribution is -2.42. The van der Waals surface area contributed by atoms with Crippen molar-refractivity contribution in [3.63, 3.8) is 0 Å². The van der Waals surface area contributed by atoms with Crippen LogP contribution in [0.25, 0.3) is 0 Å². The highest BCUT2D eigenvalue weighted by atomic mass is 35.5. The zero-order chi connectivity index (χ0) is 15.3. The number of hydrogen-bond donors (Lipinski definition) is 1. The Bertz CT molecular complexity index is 606. The molecule has 0 aromatic heterocycles. The van der Waals surface area contributed by atoms with E-state index in [-0.39, 0.29) is 12.5 Å². The van der Waals surface area contributed by atoms with E-state index in [0.717, 1.165) is 5.56 Å². The first kappa shape index (κ1) is 16.0. The molecule has 0 saturated carbocycles. The number of carbonyl (C=O) groups excluding carboxylic acids is 1. The van der Waals surface area contributed by atoms with Crippen molar-refractivity contribution in [2.45, 2.75) is 26.3 Å². The first-order valence-corrected chi connectivity index (χ1v) is 6.35. The molecule has 1 N–H and O–H groups in total. The van der Waals surface area contributed by atoms with Crippen molar-refractivity contribution in [3.05, 3.63) is 28.3 Å². The van der Waals surface area contributed by atoms with Gasteiger partial charge in [-0.25, -0.2) is 0 Å². The molecule has 0 spiro atoms. The van der Waals surface area contributed by atoms with E-state index >= 15 is 0 Å². The first-order chi connectivity index (χ1) is 9.30. The number of halogens is 1. The minimum Gasteiger partial charge on any atom is -0.480 e. The molecule has 0 bridgehead atoms. The number of carbonyl (C=O) groups is 1. The van der Waals surface area contributed by atoms with E-state index in [4.69, 9.17) is 29.2 Å². The van der Waals surface area contributed by atoms with Gasteiger partial charge in [0.25, 0.3) is 5.91 Å². The van der Waals surface area contributed by atoms with E-state index in [0.29, 0.717) is 16.3 Å². The Morgan fingerprint density at radius 2 is 2.10 bits per heavy atom. The van der Waals surface area contributed by atoms with Crippen molar-refractivity contribution >= 4 is 17.5 Å². The monoisotopic (exact) mass is 289 g/mol. The van der Waals surface area contributed by atoms with Crippen LogP contribution in [0.4, 0.5) is 0 Å². The number of ether oxygens (including phenoxy) is 1. The zero-order valence-corrected chi connectivity index (χ0v) is 12.5. The fraction of sp³-hybridized carbons (Fsp3) is 0.312. The maximum absolute atomic E-state index is 12.3. The second kappa shape index (κ2) is 6.37. The quantitative estimate of drug-likeness (QED) is 0.866. The van der Waals surface area contributed by atoms with Gasteiger partial charge < -0.3 is 10.1 Å². The maximum atomic E-state index is 12.3. The summed E-state index contributed by atoms with van der Waals surface area (Å²) in [6, 6.07) is 3.23. The molecule has 1 amide bonds. The van der Waals surface area contributed by atoms with Crippen molar-refractivity contribution in [3.8, 4) is 30.4 Å². The Morgan fingerprint density at radius 3 is 2.65 bits per heavy atom. The zero-order valence-electron chi connectivity index (χ0n) is 11.7. The van der Waals surface area contributed by atoms with Crippen LogP contribution in [0.15, 0.2) is 12.1 Å². The van der Waals surface area contributed by atoms with Gasteiger partial charge in [0.05, 0.1) is 11.1 Å². The van der Waals surface area contributed by atoms with E-state index in [1.807, 2.05) is 0 Å². The molecule has 0 saturated heterocycles. The molecular formula is C16H16ClNO2. The molecule has 0 aliphatic rings. The Kier molecular flexibility index (Phi) is 5.08. The van der Waals surface area contributed by atoms with Gasteiger partial charge in [-0.3, -0.25) is 4.79 Å². The third kappa shape index (κ3) is 3.95. The third-order valence-electron chi connectivity index (χ3n) is 2.57. The van der Waals surface area contributed by atoms with Gasteiger partial charge in [0.1, 0.15) is 12.4 Å². The van der Waals surface area contributed by atoms with Crippen LogP contribution in [0, 0.1) is 31.6 Å². The van der Waals surface area contributed by atoms with E-state index in [1.165, 1.54) is 6.07 Å². The highest BCUT2D eigenvalue weighted by molar-refractivity contribution is 6.31. The summed E-state index contributed by atoms with van der Waals surface area (Å²) in [5.41, 5.74) is 0.279. The van der Waals surface area contributed by atoms with Gasteiger partial charge in [-0.15, -0.1) is 12.8 Å². The molecule has 0 aliphatic heterocycles. The average Bonchev–Trinajstić information content (AvgIpc) is 2.36. The van der Waals surface area contributed by atoms with Crippen LogP contribution in [0.3, 0.4) is 0 Å². The summed E-state index contributed by atoms with van der Waals surface area (Å²) in [5, 5.41) is 3.17. The van der Waals surface area contributed by atoms with Crippen LogP contribution in [0.1, 0.15) is 29.8 Å².